The minimum absolute atomic E-state index is 0.0665. The molecule has 2 aromatic rings. The summed E-state index contributed by atoms with van der Waals surface area (Å²) in [5, 5.41) is 16.2. The predicted octanol–water partition coefficient (Wildman–Crippen LogP) is 2.38. The molecule has 1 aromatic heterocycles. The summed E-state index contributed by atoms with van der Waals surface area (Å²) in [7, 11) is 0. The molecule has 1 heterocycles. The third kappa shape index (κ3) is 3.92. The van der Waals surface area contributed by atoms with Crippen LogP contribution in [-0.4, -0.2) is 28.6 Å². The van der Waals surface area contributed by atoms with E-state index in [4.69, 9.17) is 15.4 Å². The first-order chi connectivity index (χ1) is 11.0. The zero-order valence-electron chi connectivity index (χ0n) is 12.5. The Balaban J connectivity index is 2.04. The lowest BCUT2D eigenvalue weighted by molar-refractivity contribution is -0.122. The van der Waals surface area contributed by atoms with Crippen LogP contribution in [0.1, 0.15) is 17.3 Å². The van der Waals surface area contributed by atoms with Gasteiger partial charge in [0.25, 0.3) is 0 Å². The van der Waals surface area contributed by atoms with Crippen molar-refractivity contribution in [2.75, 3.05) is 6.61 Å². The van der Waals surface area contributed by atoms with Crippen molar-refractivity contribution in [1.82, 2.24) is 4.57 Å². The van der Waals surface area contributed by atoms with Crippen LogP contribution < -0.4 is 0 Å². The van der Waals surface area contributed by atoms with Gasteiger partial charge in [-0.3, -0.25) is 4.79 Å². The zero-order chi connectivity index (χ0) is 16.8. The number of nitriles is 1. The topological polar surface area (TPSA) is 95.9 Å². The van der Waals surface area contributed by atoms with E-state index in [1.165, 1.54) is 6.92 Å². The first kappa shape index (κ1) is 16.2. The summed E-state index contributed by atoms with van der Waals surface area (Å²) in [5.41, 5.74) is 1.04. The number of carbonyl (C=O) groups is 2. The number of ketones is 1. The van der Waals surface area contributed by atoms with E-state index < -0.39 is 24.3 Å². The summed E-state index contributed by atoms with van der Waals surface area (Å²) in [4.78, 5) is 23.8. The highest BCUT2D eigenvalue weighted by atomic mass is 16.5. The van der Waals surface area contributed by atoms with Crippen molar-refractivity contribution in [3.05, 3.63) is 54.4 Å². The molecule has 0 bridgehead atoms. The molecule has 0 aliphatic carbocycles. The molecule has 1 atom stereocenters. The molecule has 0 aliphatic heterocycles. The lowest BCUT2D eigenvalue weighted by atomic mass is 10.0. The summed E-state index contributed by atoms with van der Waals surface area (Å²) in [5.74, 6) is -2.42. The third-order valence-corrected chi connectivity index (χ3v) is 3.21. The smallest absolute Gasteiger partial charge is 0.338 e. The van der Waals surface area contributed by atoms with Gasteiger partial charge in [0.1, 0.15) is 5.92 Å². The summed E-state index contributed by atoms with van der Waals surface area (Å²) < 4.78 is 6.79. The van der Waals surface area contributed by atoms with Crippen LogP contribution in [0.3, 0.4) is 0 Å². The van der Waals surface area contributed by atoms with Gasteiger partial charge in [-0.05, 0) is 37.3 Å². The maximum Gasteiger partial charge on any atom is 0.338 e. The van der Waals surface area contributed by atoms with Crippen LogP contribution in [0.5, 0.6) is 0 Å². The number of aromatic nitrogens is 1. The highest BCUT2D eigenvalue weighted by molar-refractivity contribution is 6.06. The number of benzene rings is 1. The quantitative estimate of drug-likeness (QED) is 0.654. The Bertz CT molecular complexity index is 773. The van der Waals surface area contributed by atoms with Crippen molar-refractivity contribution in [2.45, 2.75) is 6.92 Å². The summed E-state index contributed by atoms with van der Waals surface area (Å²) in [6, 6.07) is 12.2. The lowest BCUT2D eigenvalue weighted by Crippen LogP contribution is -2.25. The molecular weight excluding hydrogens is 294 g/mol. The fourth-order valence-corrected chi connectivity index (χ4v) is 2.01. The number of nitrogens with zero attached hydrogens (tertiary/aromatic N) is 2. The van der Waals surface area contributed by atoms with Gasteiger partial charge < -0.3 is 14.7 Å². The number of esters is 1. The van der Waals surface area contributed by atoms with Crippen LogP contribution in [0, 0.1) is 22.7 Å². The Morgan fingerprint density at radius 3 is 2.61 bits per heavy atom. The largest absolute Gasteiger partial charge is 0.454 e. The van der Waals surface area contributed by atoms with Gasteiger partial charge in [0.15, 0.2) is 12.4 Å². The Morgan fingerprint density at radius 1 is 1.30 bits per heavy atom. The van der Waals surface area contributed by atoms with E-state index in [0.29, 0.717) is 5.56 Å². The Hall–Kier alpha value is -3.20. The van der Waals surface area contributed by atoms with Gasteiger partial charge in [0.05, 0.1) is 11.6 Å². The molecule has 1 N–H and O–H groups in total. The zero-order valence-corrected chi connectivity index (χ0v) is 12.5. The predicted molar refractivity (Wildman–Crippen MR) is 83.6 cm³/mol. The van der Waals surface area contributed by atoms with Gasteiger partial charge in [-0.25, -0.2) is 4.79 Å². The molecule has 23 heavy (non-hydrogen) atoms. The summed E-state index contributed by atoms with van der Waals surface area (Å²) >= 11 is 0. The second-order valence-corrected chi connectivity index (χ2v) is 4.93. The van der Waals surface area contributed by atoms with E-state index in [0.717, 1.165) is 5.69 Å². The van der Waals surface area contributed by atoms with Crippen molar-refractivity contribution in [1.29, 1.82) is 10.7 Å². The van der Waals surface area contributed by atoms with E-state index in [-0.39, 0.29) is 5.71 Å². The fraction of sp³-hybridized carbons (Fsp3) is 0.176. The van der Waals surface area contributed by atoms with Crippen LogP contribution in [0.15, 0.2) is 48.8 Å². The molecule has 0 saturated carbocycles. The SMILES string of the molecule is CC(=N)C(C#N)C(=O)COC(=O)c1cccc(-n2cccc2)c1. The van der Waals surface area contributed by atoms with Crippen molar-refractivity contribution < 1.29 is 14.3 Å². The van der Waals surface area contributed by atoms with Gasteiger partial charge in [-0.15, -0.1) is 0 Å². The minimum Gasteiger partial charge on any atom is -0.454 e. The number of hydrogen-bond donors (Lipinski definition) is 1. The molecule has 0 fully saturated rings. The molecule has 0 aliphatic rings. The Labute approximate surface area is 133 Å². The van der Waals surface area contributed by atoms with E-state index in [1.807, 2.05) is 35.2 Å². The average molecular weight is 309 g/mol. The van der Waals surface area contributed by atoms with E-state index in [2.05, 4.69) is 0 Å². The van der Waals surface area contributed by atoms with E-state index in [9.17, 15) is 9.59 Å². The third-order valence-electron chi connectivity index (χ3n) is 3.21. The van der Waals surface area contributed by atoms with Crippen molar-refractivity contribution in [2.24, 2.45) is 5.92 Å². The highest BCUT2D eigenvalue weighted by Crippen LogP contribution is 2.12. The normalized spacial score (nSPS) is 11.3. The fourth-order valence-electron chi connectivity index (χ4n) is 2.01. The van der Waals surface area contributed by atoms with E-state index in [1.54, 1.807) is 24.3 Å². The molecule has 6 nitrogen and oxygen atoms in total. The first-order valence-electron chi connectivity index (χ1n) is 6.91. The molecule has 6 heteroatoms. The molecular formula is C17H15N3O3. The van der Waals surface area contributed by atoms with Crippen molar-refractivity contribution in [3.63, 3.8) is 0 Å². The molecule has 0 radical (unpaired) electrons. The Kier molecular flexibility index (Phi) is 5.05. The van der Waals surface area contributed by atoms with Crippen LogP contribution in [0.4, 0.5) is 0 Å². The molecule has 0 saturated heterocycles. The summed E-state index contributed by atoms with van der Waals surface area (Å²) in [6.07, 6.45) is 3.69. The molecule has 0 spiro atoms. The Morgan fingerprint density at radius 2 is 2.00 bits per heavy atom. The number of hydrogen-bond acceptors (Lipinski definition) is 5. The lowest BCUT2D eigenvalue weighted by Gasteiger charge is -2.09. The van der Waals surface area contributed by atoms with Crippen LogP contribution >= 0.6 is 0 Å². The number of nitrogens with one attached hydrogen (secondary N) is 1. The second kappa shape index (κ2) is 7.18. The van der Waals surface area contributed by atoms with Crippen molar-refractivity contribution in [3.8, 4) is 11.8 Å². The maximum absolute atomic E-state index is 12.0. The minimum atomic E-state index is -1.17. The monoisotopic (exact) mass is 309 g/mol. The maximum atomic E-state index is 12.0. The summed E-state index contributed by atoms with van der Waals surface area (Å²) in [6.45, 7) is 0.842. The van der Waals surface area contributed by atoms with Gasteiger partial charge in [-0.1, -0.05) is 6.07 Å². The highest BCUT2D eigenvalue weighted by Gasteiger charge is 2.21. The number of ether oxygens (including phenoxy) is 1. The van der Waals surface area contributed by atoms with Gasteiger partial charge in [-0.2, -0.15) is 5.26 Å². The first-order valence-corrected chi connectivity index (χ1v) is 6.91. The second-order valence-electron chi connectivity index (χ2n) is 4.93. The van der Waals surface area contributed by atoms with Gasteiger partial charge >= 0.3 is 5.97 Å². The molecule has 0 amide bonds. The van der Waals surface area contributed by atoms with Crippen LogP contribution in [0.25, 0.3) is 5.69 Å². The molecule has 2 rings (SSSR count). The van der Waals surface area contributed by atoms with Crippen LogP contribution in [-0.2, 0) is 9.53 Å². The van der Waals surface area contributed by atoms with Crippen molar-refractivity contribution >= 4 is 17.5 Å². The van der Waals surface area contributed by atoms with Gasteiger partial charge in [0.2, 0.25) is 0 Å². The van der Waals surface area contributed by atoms with E-state index >= 15 is 0 Å². The number of carbonyl (C=O) groups excluding carboxylic acids is 2. The van der Waals surface area contributed by atoms with Crippen LogP contribution in [0.2, 0.25) is 0 Å². The average Bonchev–Trinajstić information content (AvgIpc) is 3.07. The number of rotatable bonds is 6. The molecule has 1 aromatic carbocycles. The standard InChI is InChI=1S/C17H15N3O3/c1-12(19)15(10-18)16(21)11-23-17(22)13-5-4-6-14(9-13)20-7-2-3-8-20/h2-9,15,19H,11H2,1H3. The molecule has 116 valence electrons. The van der Waals surface area contributed by atoms with Gasteiger partial charge in [0, 0.05) is 23.8 Å². The number of Topliss-reactive ketones (excluding diaryl/α,β-unsaturated/α-hetero) is 1. The molecule has 1 unspecified atom stereocenters.